The van der Waals surface area contributed by atoms with E-state index < -0.39 is 21.8 Å². The summed E-state index contributed by atoms with van der Waals surface area (Å²) in [6.07, 6.45) is -4.45. The second-order valence-corrected chi connectivity index (χ2v) is 7.74. The highest BCUT2D eigenvalue weighted by atomic mass is 127. The van der Waals surface area contributed by atoms with Crippen molar-refractivity contribution in [2.45, 2.75) is 11.1 Å². The van der Waals surface area contributed by atoms with Gasteiger partial charge in [0.15, 0.2) is 0 Å². The van der Waals surface area contributed by atoms with Gasteiger partial charge in [-0.25, -0.2) is 13.1 Å². The van der Waals surface area contributed by atoms with Gasteiger partial charge in [-0.2, -0.15) is 13.2 Å². The first-order valence-electron chi connectivity index (χ1n) is 6.74. The Labute approximate surface area is 151 Å². The zero-order valence-corrected chi connectivity index (χ0v) is 15.2. The van der Waals surface area contributed by atoms with Gasteiger partial charge in [0.2, 0.25) is 10.0 Å². The molecule has 0 aliphatic carbocycles. The van der Waals surface area contributed by atoms with E-state index in [1.165, 1.54) is 24.3 Å². The van der Waals surface area contributed by atoms with Gasteiger partial charge in [0, 0.05) is 10.1 Å². The van der Waals surface area contributed by atoms with Gasteiger partial charge in [-0.1, -0.05) is 6.07 Å². The smallest absolute Gasteiger partial charge is 0.416 e. The fourth-order valence-electron chi connectivity index (χ4n) is 1.80. The summed E-state index contributed by atoms with van der Waals surface area (Å²) in [6, 6.07) is 10.7. The maximum atomic E-state index is 12.6. The van der Waals surface area contributed by atoms with Gasteiger partial charge >= 0.3 is 6.18 Å². The molecule has 0 fully saturated rings. The molecule has 4 nitrogen and oxygen atoms in total. The third-order valence-corrected chi connectivity index (χ3v) is 5.14. The monoisotopic (exact) mass is 471 g/mol. The van der Waals surface area contributed by atoms with Crippen molar-refractivity contribution in [3.05, 3.63) is 57.7 Å². The molecular weight excluding hydrogens is 458 g/mol. The van der Waals surface area contributed by atoms with Crippen LogP contribution in [0.4, 0.5) is 13.2 Å². The molecule has 0 saturated carbocycles. The fourth-order valence-corrected chi connectivity index (χ4v) is 3.18. The lowest BCUT2D eigenvalue weighted by atomic mass is 10.2. The number of ether oxygens (including phenoxy) is 1. The molecule has 0 atom stereocenters. The van der Waals surface area contributed by atoms with Crippen molar-refractivity contribution < 1.29 is 26.3 Å². The van der Waals surface area contributed by atoms with E-state index in [1.807, 2.05) is 0 Å². The molecule has 0 aliphatic rings. The molecule has 0 radical (unpaired) electrons. The topological polar surface area (TPSA) is 55.4 Å². The largest absolute Gasteiger partial charge is 0.492 e. The van der Waals surface area contributed by atoms with Crippen LogP contribution in [0, 0.1) is 3.57 Å². The molecule has 130 valence electrons. The van der Waals surface area contributed by atoms with E-state index in [1.54, 1.807) is 12.1 Å². The Morgan fingerprint density at radius 1 is 1.08 bits per heavy atom. The average Bonchev–Trinajstić information content (AvgIpc) is 2.51. The molecule has 24 heavy (non-hydrogen) atoms. The minimum absolute atomic E-state index is 0.0262. The molecule has 0 aromatic heterocycles. The van der Waals surface area contributed by atoms with E-state index in [0.29, 0.717) is 0 Å². The highest BCUT2D eigenvalue weighted by molar-refractivity contribution is 14.1. The summed E-state index contributed by atoms with van der Waals surface area (Å²) >= 11 is 2.06. The first-order valence-corrected chi connectivity index (χ1v) is 9.30. The normalized spacial score (nSPS) is 12.2. The molecule has 0 spiro atoms. The maximum Gasteiger partial charge on any atom is 0.416 e. The number of halogens is 4. The van der Waals surface area contributed by atoms with Crippen LogP contribution in [0.15, 0.2) is 53.4 Å². The molecule has 1 N–H and O–H groups in total. The van der Waals surface area contributed by atoms with Crippen molar-refractivity contribution in [3.63, 3.8) is 0 Å². The average molecular weight is 471 g/mol. The van der Waals surface area contributed by atoms with Crippen LogP contribution in [0.3, 0.4) is 0 Å². The van der Waals surface area contributed by atoms with E-state index in [0.717, 1.165) is 15.7 Å². The number of nitrogens with one attached hydrogen (secondary N) is 1. The van der Waals surface area contributed by atoms with Gasteiger partial charge in [-0.05, 0) is 65.1 Å². The van der Waals surface area contributed by atoms with Crippen LogP contribution in [0.25, 0.3) is 0 Å². The highest BCUT2D eigenvalue weighted by Crippen LogP contribution is 2.31. The van der Waals surface area contributed by atoms with Crippen molar-refractivity contribution in [2.75, 3.05) is 13.2 Å². The van der Waals surface area contributed by atoms with Crippen molar-refractivity contribution in [3.8, 4) is 5.75 Å². The Kier molecular flexibility index (Phi) is 6.10. The van der Waals surface area contributed by atoms with Crippen molar-refractivity contribution in [1.29, 1.82) is 0 Å². The highest BCUT2D eigenvalue weighted by Gasteiger charge is 2.30. The SMILES string of the molecule is O=S(=O)(NCCOc1cccc(C(F)(F)F)c1)c1ccc(I)cc1. The first-order chi connectivity index (χ1) is 11.2. The third-order valence-electron chi connectivity index (χ3n) is 2.95. The zero-order chi connectivity index (χ0) is 17.8. The summed E-state index contributed by atoms with van der Waals surface area (Å²) in [4.78, 5) is 0.113. The molecule has 2 aromatic rings. The van der Waals surface area contributed by atoms with Crippen LogP contribution in [0.1, 0.15) is 5.56 Å². The van der Waals surface area contributed by atoms with Crippen molar-refractivity contribution >= 4 is 32.6 Å². The molecule has 0 amide bonds. The molecule has 2 rings (SSSR count). The summed E-state index contributed by atoms with van der Waals surface area (Å²) in [5.41, 5.74) is -0.820. The number of alkyl halides is 3. The second-order valence-electron chi connectivity index (χ2n) is 4.73. The molecule has 9 heteroatoms. The Morgan fingerprint density at radius 3 is 2.38 bits per heavy atom. The molecule has 0 heterocycles. The van der Waals surface area contributed by atoms with E-state index >= 15 is 0 Å². The van der Waals surface area contributed by atoms with Crippen LogP contribution in [0.2, 0.25) is 0 Å². The van der Waals surface area contributed by atoms with Gasteiger partial charge in [0.1, 0.15) is 12.4 Å². The standard InChI is InChI=1S/C15H13F3INO3S/c16-15(17,18)11-2-1-3-13(10-11)23-9-8-20-24(21,22)14-6-4-12(19)5-7-14/h1-7,10,20H,8-9H2. The lowest BCUT2D eigenvalue weighted by Crippen LogP contribution is -2.28. The zero-order valence-electron chi connectivity index (χ0n) is 12.2. The van der Waals surface area contributed by atoms with Gasteiger partial charge in [-0.15, -0.1) is 0 Å². The Hall–Kier alpha value is -1.33. The molecule has 0 saturated heterocycles. The van der Waals surface area contributed by atoms with Gasteiger partial charge in [-0.3, -0.25) is 0 Å². The molecule has 2 aromatic carbocycles. The molecule has 0 bridgehead atoms. The van der Waals surface area contributed by atoms with Crippen molar-refractivity contribution in [2.24, 2.45) is 0 Å². The lowest BCUT2D eigenvalue weighted by Gasteiger charge is -2.11. The van der Waals surface area contributed by atoms with E-state index in [9.17, 15) is 21.6 Å². The summed E-state index contributed by atoms with van der Waals surface area (Å²) in [5.74, 6) is 0.0262. The number of hydrogen-bond donors (Lipinski definition) is 1. The summed E-state index contributed by atoms with van der Waals surface area (Å²) in [7, 11) is -3.68. The first kappa shape index (κ1) is 19.0. The lowest BCUT2D eigenvalue weighted by molar-refractivity contribution is -0.137. The van der Waals surface area contributed by atoms with Crippen LogP contribution < -0.4 is 9.46 Å². The summed E-state index contributed by atoms with van der Waals surface area (Å²) in [5, 5.41) is 0. The van der Waals surface area contributed by atoms with Crippen LogP contribution >= 0.6 is 22.6 Å². The Morgan fingerprint density at radius 2 is 1.75 bits per heavy atom. The number of rotatable bonds is 6. The molecular formula is C15H13F3INO3S. The number of sulfonamides is 1. The maximum absolute atomic E-state index is 12.6. The van der Waals surface area contributed by atoms with Gasteiger partial charge in [0.05, 0.1) is 10.5 Å². The van der Waals surface area contributed by atoms with Crippen LogP contribution in [-0.4, -0.2) is 21.6 Å². The molecule has 0 aliphatic heterocycles. The van der Waals surface area contributed by atoms with E-state index in [4.69, 9.17) is 4.74 Å². The minimum Gasteiger partial charge on any atom is -0.492 e. The summed E-state index contributed by atoms with van der Waals surface area (Å²) < 4.78 is 70.2. The minimum atomic E-state index is -4.45. The molecule has 0 unspecified atom stereocenters. The predicted octanol–water partition coefficient (Wildman–Crippen LogP) is 3.67. The van der Waals surface area contributed by atoms with Crippen LogP contribution in [0.5, 0.6) is 5.75 Å². The van der Waals surface area contributed by atoms with Gasteiger partial charge < -0.3 is 4.74 Å². The van der Waals surface area contributed by atoms with E-state index in [-0.39, 0.29) is 23.8 Å². The Balaban J connectivity index is 1.90. The number of hydrogen-bond acceptors (Lipinski definition) is 3. The summed E-state index contributed by atoms with van der Waals surface area (Å²) in [6.45, 7) is -0.157. The van der Waals surface area contributed by atoms with E-state index in [2.05, 4.69) is 27.3 Å². The Bertz CT molecular complexity index is 792. The fraction of sp³-hybridized carbons (Fsp3) is 0.200. The van der Waals surface area contributed by atoms with Crippen molar-refractivity contribution in [1.82, 2.24) is 4.72 Å². The number of benzene rings is 2. The predicted molar refractivity (Wildman–Crippen MR) is 91.3 cm³/mol. The van der Waals surface area contributed by atoms with Crippen LogP contribution in [-0.2, 0) is 16.2 Å². The third kappa shape index (κ3) is 5.35. The second kappa shape index (κ2) is 7.70. The quantitative estimate of drug-likeness (QED) is 0.517. The van der Waals surface area contributed by atoms with Gasteiger partial charge in [0.25, 0.3) is 0 Å².